The molecule has 0 saturated carbocycles. The van der Waals surface area contributed by atoms with Crippen molar-refractivity contribution in [2.45, 2.75) is 86.2 Å². The summed E-state index contributed by atoms with van der Waals surface area (Å²) in [7, 11) is 0. The first kappa shape index (κ1) is 18.9. The maximum atomic E-state index is 3.66. The van der Waals surface area contributed by atoms with Crippen LogP contribution in [0.25, 0.3) is 0 Å². The van der Waals surface area contributed by atoms with E-state index >= 15 is 0 Å². The van der Waals surface area contributed by atoms with Crippen LogP contribution in [-0.4, -0.2) is 36.6 Å². The van der Waals surface area contributed by atoms with E-state index in [-0.39, 0.29) is 0 Å². The highest BCUT2D eigenvalue weighted by atomic mass is 15.2. The molecule has 0 rings (SSSR count). The van der Waals surface area contributed by atoms with Gasteiger partial charge in [0.05, 0.1) is 0 Å². The van der Waals surface area contributed by atoms with Gasteiger partial charge in [-0.15, -0.1) is 0 Å². The van der Waals surface area contributed by atoms with E-state index in [2.05, 4.69) is 58.7 Å². The first-order valence-corrected chi connectivity index (χ1v) is 8.32. The van der Waals surface area contributed by atoms with Gasteiger partial charge in [-0.2, -0.15) is 0 Å². The van der Waals surface area contributed by atoms with Gasteiger partial charge in [-0.1, -0.05) is 40.5 Å². The number of hydrogen-bond donors (Lipinski definition) is 1. The number of rotatable bonds is 11. The third-order valence-corrected chi connectivity index (χ3v) is 4.26. The fourth-order valence-corrected chi connectivity index (χ4v) is 2.38. The highest BCUT2D eigenvalue weighted by Crippen LogP contribution is 2.23. The van der Waals surface area contributed by atoms with Crippen LogP contribution in [0.15, 0.2) is 0 Å². The van der Waals surface area contributed by atoms with Crippen molar-refractivity contribution in [3.63, 3.8) is 0 Å². The molecule has 0 aromatic carbocycles. The smallest absolute Gasteiger partial charge is 0.0102 e. The van der Waals surface area contributed by atoms with Crippen LogP contribution in [0.3, 0.4) is 0 Å². The number of nitrogens with zero attached hydrogens (tertiary/aromatic N) is 1. The van der Waals surface area contributed by atoms with Crippen molar-refractivity contribution in [2.24, 2.45) is 5.41 Å². The normalized spacial score (nSPS) is 14.4. The van der Waals surface area contributed by atoms with Gasteiger partial charge in [0.2, 0.25) is 0 Å². The van der Waals surface area contributed by atoms with Crippen molar-refractivity contribution in [1.82, 2.24) is 10.2 Å². The SMILES string of the molecule is CCCCCN(CC(C)(C)C(C)NCCC)C(C)C. The molecule has 0 aliphatic heterocycles. The summed E-state index contributed by atoms with van der Waals surface area (Å²) in [5, 5.41) is 3.66. The first-order chi connectivity index (χ1) is 8.85. The monoisotopic (exact) mass is 270 g/mol. The lowest BCUT2D eigenvalue weighted by atomic mass is 9.84. The molecule has 1 unspecified atom stereocenters. The summed E-state index contributed by atoms with van der Waals surface area (Å²) in [5.41, 5.74) is 0.325. The lowest BCUT2D eigenvalue weighted by Gasteiger charge is -2.39. The topological polar surface area (TPSA) is 15.3 Å². The highest BCUT2D eigenvalue weighted by Gasteiger charge is 2.28. The molecule has 0 radical (unpaired) electrons. The van der Waals surface area contributed by atoms with Crippen LogP contribution in [0.2, 0.25) is 0 Å². The number of hydrogen-bond acceptors (Lipinski definition) is 2. The number of unbranched alkanes of at least 4 members (excludes halogenated alkanes) is 2. The Morgan fingerprint density at radius 1 is 1.00 bits per heavy atom. The molecule has 0 heterocycles. The van der Waals surface area contributed by atoms with Crippen LogP contribution in [0.1, 0.15) is 74.1 Å². The lowest BCUT2D eigenvalue weighted by molar-refractivity contribution is 0.115. The molecule has 0 saturated heterocycles. The Morgan fingerprint density at radius 3 is 2.11 bits per heavy atom. The van der Waals surface area contributed by atoms with Crippen molar-refractivity contribution < 1.29 is 0 Å². The fraction of sp³-hybridized carbons (Fsp3) is 1.00. The predicted octanol–water partition coefficient (Wildman–Crippen LogP) is 4.30. The Labute approximate surface area is 122 Å². The zero-order valence-electron chi connectivity index (χ0n) is 14.6. The van der Waals surface area contributed by atoms with Crippen LogP contribution >= 0.6 is 0 Å². The van der Waals surface area contributed by atoms with Gasteiger partial charge in [-0.3, -0.25) is 0 Å². The molecule has 0 aliphatic rings. The molecule has 0 aliphatic carbocycles. The molecule has 0 amide bonds. The molecule has 2 nitrogen and oxygen atoms in total. The van der Waals surface area contributed by atoms with E-state index in [4.69, 9.17) is 0 Å². The third kappa shape index (κ3) is 7.94. The van der Waals surface area contributed by atoms with Crippen LogP contribution in [0, 0.1) is 5.41 Å². The van der Waals surface area contributed by atoms with Gasteiger partial charge < -0.3 is 10.2 Å². The van der Waals surface area contributed by atoms with Crippen LogP contribution in [0.5, 0.6) is 0 Å². The van der Waals surface area contributed by atoms with Gasteiger partial charge >= 0.3 is 0 Å². The zero-order valence-corrected chi connectivity index (χ0v) is 14.6. The average molecular weight is 271 g/mol. The van der Waals surface area contributed by atoms with E-state index in [1.807, 2.05) is 0 Å². The van der Waals surface area contributed by atoms with Crippen LogP contribution in [0.4, 0.5) is 0 Å². The molecule has 116 valence electrons. The summed E-state index contributed by atoms with van der Waals surface area (Å²) in [6.45, 7) is 19.9. The van der Waals surface area contributed by atoms with Gasteiger partial charge in [0.1, 0.15) is 0 Å². The second-order valence-electron chi connectivity index (χ2n) is 6.94. The van der Waals surface area contributed by atoms with E-state index in [0.29, 0.717) is 17.5 Å². The molecule has 1 atom stereocenters. The minimum Gasteiger partial charge on any atom is -0.314 e. The Bertz CT molecular complexity index is 211. The summed E-state index contributed by atoms with van der Waals surface area (Å²) in [6.07, 6.45) is 5.21. The summed E-state index contributed by atoms with van der Waals surface area (Å²) in [4.78, 5) is 2.65. The van der Waals surface area contributed by atoms with Crippen molar-refractivity contribution in [3.05, 3.63) is 0 Å². The van der Waals surface area contributed by atoms with E-state index in [9.17, 15) is 0 Å². The largest absolute Gasteiger partial charge is 0.314 e. The van der Waals surface area contributed by atoms with Gasteiger partial charge in [-0.25, -0.2) is 0 Å². The van der Waals surface area contributed by atoms with Crippen molar-refractivity contribution in [2.75, 3.05) is 19.6 Å². The Balaban J connectivity index is 4.36. The standard InChI is InChI=1S/C17H38N2/c1-8-10-11-13-19(15(3)4)14-17(6,7)16(5)18-12-9-2/h15-16,18H,8-14H2,1-7H3. The maximum absolute atomic E-state index is 3.66. The Hall–Kier alpha value is -0.0800. The molecule has 19 heavy (non-hydrogen) atoms. The summed E-state index contributed by atoms with van der Waals surface area (Å²) < 4.78 is 0. The first-order valence-electron chi connectivity index (χ1n) is 8.32. The third-order valence-electron chi connectivity index (χ3n) is 4.26. The van der Waals surface area contributed by atoms with E-state index in [1.165, 1.54) is 38.8 Å². The molecule has 0 aromatic rings. The number of nitrogens with one attached hydrogen (secondary N) is 1. The second-order valence-corrected chi connectivity index (χ2v) is 6.94. The molecule has 0 spiro atoms. The minimum absolute atomic E-state index is 0.325. The Morgan fingerprint density at radius 2 is 1.63 bits per heavy atom. The summed E-state index contributed by atoms with van der Waals surface area (Å²) in [6, 6.07) is 1.22. The van der Waals surface area contributed by atoms with Crippen molar-refractivity contribution >= 4 is 0 Å². The molecule has 0 bridgehead atoms. The van der Waals surface area contributed by atoms with E-state index in [0.717, 1.165) is 6.54 Å². The molecule has 0 fully saturated rings. The fourth-order valence-electron chi connectivity index (χ4n) is 2.38. The predicted molar refractivity (Wildman–Crippen MR) is 87.8 cm³/mol. The molecular weight excluding hydrogens is 232 g/mol. The summed E-state index contributed by atoms with van der Waals surface area (Å²) in [5.74, 6) is 0. The molecule has 1 N–H and O–H groups in total. The molecular formula is C17H38N2. The van der Waals surface area contributed by atoms with Crippen molar-refractivity contribution in [1.29, 1.82) is 0 Å². The average Bonchev–Trinajstić information content (AvgIpc) is 2.34. The Kier molecular flexibility index (Phi) is 9.72. The quantitative estimate of drug-likeness (QED) is 0.563. The van der Waals surface area contributed by atoms with Crippen LogP contribution < -0.4 is 5.32 Å². The zero-order chi connectivity index (χ0) is 14.9. The van der Waals surface area contributed by atoms with E-state index < -0.39 is 0 Å². The van der Waals surface area contributed by atoms with Gasteiger partial charge in [-0.05, 0) is 52.1 Å². The molecule has 0 aromatic heterocycles. The van der Waals surface area contributed by atoms with E-state index in [1.54, 1.807) is 0 Å². The van der Waals surface area contributed by atoms with Gasteiger partial charge in [0.25, 0.3) is 0 Å². The molecule has 2 heteroatoms. The van der Waals surface area contributed by atoms with Crippen LogP contribution in [-0.2, 0) is 0 Å². The lowest BCUT2D eigenvalue weighted by Crippen LogP contribution is -2.48. The summed E-state index contributed by atoms with van der Waals surface area (Å²) >= 11 is 0. The minimum atomic E-state index is 0.325. The highest BCUT2D eigenvalue weighted by molar-refractivity contribution is 4.84. The van der Waals surface area contributed by atoms with Gasteiger partial charge in [0, 0.05) is 18.6 Å². The van der Waals surface area contributed by atoms with Crippen molar-refractivity contribution in [3.8, 4) is 0 Å². The second kappa shape index (κ2) is 9.77. The van der Waals surface area contributed by atoms with Gasteiger partial charge in [0.15, 0.2) is 0 Å². The maximum Gasteiger partial charge on any atom is 0.0102 e.